The van der Waals surface area contributed by atoms with Crippen molar-refractivity contribution in [3.63, 3.8) is 0 Å². The molecule has 0 aliphatic rings. The average molecular weight is 246 g/mol. The molecule has 0 saturated carbocycles. The van der Waals surface area contributed by atoms with Crippen LogP contribution in [0.25, 0.3) is 0 Å². The Morgan fingerprint density at radius 2 is 2.22 bits per heavy atom. The summed E-state index contributed by atoms with van der Waals surface area (Å²) >= 11 is 0. The molecule has 1 atom stereocenters. The number of methoxy groups -OCH3 is 1. The molecule has 0 heterocycles. The van der Waals surface area contributed by atoms with Crippen molar-refractivity contribution in [2.45, 2.75) is 45.7 Å². The van der Waals surface area contributed by atoms with E-state index in [9.17, 15) is 0 Å². The molecule has 1 rings (SSSR count). The zero-order valence-corrected chi connectivity index (χ0v) is 11.5. The summed E-state index contributed by atoms with van der Waals surface area (Å²) in [6, 6.07) is 8.41. The van der Waals surface area contributed by atoms with Crippen LogP contribution >= 0.6 is 0 Å². The van der Waals surface area contributed by atoms with Crippen LogP contribution < -0.4 is 10.1 Å². The zero-order valence-electron chi connectivity index (χ0n) is 11.5. The highest BCUT2D eigenvalue weighted by atomic mass is 16.5. The second-order valence-corrected chi connectivity index (χ2v) is 4.57. The fourth-order valence-corrected chi connectivity index (χ4v) is 1.86. The van der Waals surface area contributed by atoms with Crippen molar-refractivity contribution in [3.8, 4) is 11.8 Å². The number of ether oxygens (including phenoxy) is 1. The fraction of sp³-hybridized carbons (Fsp3) is 0.533. The van der Waals surface area contributed by atoms with Crippen LogP contribution in [-0.2, 0) is 6.54 Å². The number of hydrogen-bond donors (Lipinski definition) is 1. The van der Waals surface area contributed by atoms with E-state index in [2.05, 4.69) is 25.2 Å². The SMILES string of the molecule is CCCCC(C)NCc1ccc(OC)c(C#N)c1. The smallest absolute Gasteiger partial charge is 0.136 e. The molecule has 0 amide bonds. The van der Waals surface area contributed by atoms with Gasteiger partial charge in [0.05, 0.1) is 12.7 Å². The molecule has 0 saturated heterocycles. The number of nitriles is 1. The molecular weight excluding hydrogens is 224 g/mol. The van der Waals surface area contributed by atoms with Crippen molar-refractivity contribution in [1.29, 1.82) is 5.26 Å². The summed E-state index contributed by atoms with van der Waals surface area (Å²) < 4.78 is 5.13. The van der Waals surface area contributed by atoms with Crippen LogP contribution in [0.4, 0.5) is 0 Å². The molecule has 1 N–H and O–H groups in total. The minimum atomic E-state index is 0.512. The molecule has 0 aliphatic carbocycles. The van der Waals surface area contributed by atoms with Crippen LogP contribution in [0.3, 0.4) is 0 Å². The molecule has 98 valence electrons. The maximum absolute atomic E-state index is 9.02. The Kier molecular flexibility index (Phi) is 6.24. The Bertz CT molecular complexity index is 409. The molecule has 3 heteroatoms. The first-order chi connectivity index (χ1) is 8.71. The Balaban J connectivity index is 2.55. The molecule has 0 spiro atoms. The minimum Gasteiger partial charge on any atom is -0.495 e. The molecule has 18 heavy (non-hydrogen) atoms. The molecule has 0 aliphatic heterocycles. The third-order valence-electron chi connectivity index (χ3n) is 3.03. The van der Waals surface area contributed by atoms with Crippen LogP contribution in [-0.4, -0.2) is 13.2 Å². The van der Waals surface area contributed by atoms with E-state index < -0.39 is 0 Å². The van der Waals surface area contributed by atoms with E-state index in [1.165, 1.54) is 19.3 Å². The molecule has 1 aromatic carbocycles. The minimum absolute atomic E-state index is 0.512. The van der Waals surface area contributed by atoms with Crippen LogP contribution in [0.15, 0.2) is 18.2 Å². The van der Waals surface area contributed by atoms with Gasteiger partial charge in [0.15, 0.2) is 0 Å². The van der Waals surface area contributed by atoms with Crippen LogP contribution in [0.5, 0.6) is 5.75 Å². The molecule has 0 fully saturated rings. The van der Waals surface area contributed by atoms with Gasteiger partial charge in [-0.2, -0.15) is 5.26 Å². The van der Waals surface area contributed by atoms with Crippen molar-refractivity contribution < 1.29 is 4.74 Å². The third kappa shape index (κ3) is 4.38. The van der Waals surface area contributed by atoms with Gasteiger partial charge in [-0.25, -0.2) is 0 Å². The van der Waals surface area contributed by atoms with Gasteiger partial charge in [0.1, 0.15) is 11.8 Å². The fourth-order valence-electron chi connectivity index (χ4n) is 1.86. The standard InChI is InChI=1S/C15H22N2O/c1-4-5-6-12(2)17-11-13-7-8-15(18-3)14(9-13)10-16/h7-9,12,17H,4-6,11H2,1-3H3. The van der Waals surface area contributed by atoms with Crippen molar-refractivity contribution in [3.05, 3.63) is 29.3 Å². The molecule has 0 aromatic heterocycles. The number of hydrogen-bond acceptors (Lipinski definition) is 3. The van der Waals surface area contributed by atoms with E-state index in [0.717, 1.165) is 12.1 Å². The topological polar surface area (TPSA) is 45.0 Å². The lowest BCUT2D eigenvalue weighted by Gasteiger charge is -2.13. The first-order valence-corrected chi connectivity index (χ1v) is 6.51. The maximum atomic E-state index is 9.02. The van der Waals surface area contributed by atoms with Gasteiger partial charge in [-0.15, -0.1) is 0 Å². The summed E-state index contributed by atoms with van der Waals surface area (Å²) in [6.45, 7) is 5.20. The summed E-state index contributed by atoms with van der Waals surface area (Å²) in [5.41, 5.74) is 1.72. The molecule has 1 aromatic rings. The van der Waals surface area contributed by atoms with E-state index in [1.54, 1.807) is 7.11 Å². The van der Waals surface area contributed by atoms with Gasteiger partial charge in [-0.05, 0) is 31.0 Å². The van der Waals surface area contributed by atoms with E-state index in [4.69, 9.17) is 10.00 Å². The molecule has 0 radical (unpaired) electrons. The molecular formula is C15H22N2O. The van der Waals surface area contributed by atoms with E-state index in [1.807, 2.05) is 18.2 Å². The van der Waals surface area contributed by atoms with Gasteiger partial charge in [0, 0.05) is 12.6 Å². The Labute approximate surface area is 110 Å². The highest BCUT2D eigenvalue weighted by Crippen LogP contribution is 2.18. The Morgan fingerprint density at radius 1 is 1.44 bits per heavy atom. The normalized spacial score (nSPS) is 11.9. The first-order valence-electron chi connectivity index (χ1n) is 6.51. The zero-order chi connectivity index (χ0) is 13.4. The van der Waals surface area contributed by atoms with E-state index in [-0.39, 0.29) is 0 Å². The van der Waals surface area contributed by atoms with E-state index >= 15 is 0 Å². The van der Waals surface area contributed by atoms with Crippen molar-refractivity contribution in [2.75, 3.05) is 7.11 Å². The lowest BCUT2D eigenvalue weighted by Crippen LogP contribution is -2.25. The van der Waals surface area contributed by atoms with Crippen LogP contribution in [0, 0.1) is 11.3 Å². The monoisotopic (exact) mass is 246 g/mol. The third-order valence-corrected chi connectivity index (χ3v) is 3.03. The summed E-state index contributed by atoms with van der Waals surface area (Å²) in [7, 11) is 1.58. The predicted molar refractivity (Wildman–Crippen MR) is 73.5 cm³/mol. The number of benzene rings is 1. The van der Waals surface area contributed by atoms with Crippen LogP contribution in [0.2, 0.25) is 0 Å². The van der Waals surface area contributed by atoms with Gasteiger partial charge >= 0.3 is 0 Å². The first kappa shape index (κ1) is 14.5. The predicted octanol–water partition coefficient (Wildman–Crippen LogP) is 3.24. The number of nitrogens with one attached hydrogen (secondary N) is 1. The summed E-state index contributed by atoms with van der Waals surface area (Å²) in [6.07, 6.45) is 3.67. The summed E-state index contributed by atoms with van der Waals surface area (Å²) in [5, 5.41) is 12.5. The molecule has 3 nitrogen and oxygen atoms in total. The molecule has 0 bridgehead atoms. The number of unbranched alkanes of at least 4 members (excludes halogenated alkanes) is 1. The second-order valence-electron chi connectivity index (χ2n) is 4.57. The highest BCUT2D eigenvalue weighted by Gasteiger charge is 2.05. The maximum Gasteiger partial charge on any atom is 0.136 e. The lowest BCUT2D eigenvalue weighted by atomic mass is 10.1. The Hall–Kier alpha value is -1.53. The van der Waals surface area contributed by atoms with Gasteiger partial charge in [-0.3, -0.25) is 0 Å². The van der Waals surface area contributed by atoms with Gasteiger partial charge in [0.2, 0.25) is 0 Å². The largest absolute Gasteiger partial charge is 0.495 e. The van der Waals surface area contributed by atoms with Gasteiger partial charge < -0.3 is 10.1 Å². The Morgan fingerprint density at radius 3 is 2.83 bits per heavy atom. The van der Waals surface area contributed by atoms with E-state index in [0.29, 0.717) is 17.4 Å². The van der Waals surface area contributed by atoms with Crippen molar-refractivity contribution in [2.24, 2.45) is 0 Å². The molecule has 1 unspecified atom stereocenters. The van der Waals surface area contributed by atoms with Crippen molar-refractivity contribution in [1.82, 2.24) is 5.32 Å². The lowest BCUT2D eigenvalue weighted by molar-refractivity contribution is 0.413. The number of nitrogens with zero attached hydrogens (tertiary/aromatic N) is 1. The number of rotatable bonds is 7. The quantitative estimate of drug-likeness (QED) is 0.803. The summed E-state index contributed by atoms with van der Waals surface area (Å²) in [4.78, 5) is 0. The van der Waals surface area contributed by atoms with Crippen LogP contribution in [0.1, 0.15) is 44.2 Å². The van der Waals surface area contributed by atoms with Gasteiger partial charge in [-0.1, -0.05) is 25.8 Å². The second kappa shape index (κ2) is 7.73. The van der Waals surface area contributed by atoms with Gasteiger partial charge in [0.25, 0.3) is 0 Å². The summed E-state index contributed by atoms with van der Waals surface area (Å²) in [5.74, 6) is 0.639. The average Bonchev–Trinajstić information content (AvgIpc) is 2.42. The highest BCUT2D eigenvalue weighted by molar-refractivity contribution is 5.45. The van der Waals surface area contributed by atoms with Crippen molar-refractivity contribution >= 4 is 0 Å².